The molecule has 0 aliphatic rings. The quantitative estimate of drug-likeness (QED) is 0.220. The van der Waals surface area contributed by atoms with Crippen molar-refractivity contribution in [3.8, 4) is 5.75 Å². The van der Waals surface area contributed by atoms with Gasteiger partial charge in [-0.2, -0.15) is 0 Å². The van der Waals surface area contributed by atoms with E-state index in [2.05, 4.69) is 0 Å². The molecule has 0 heterocycles. The van der Waals surface area contributed by atoms with Crippen molar-refractivity contribution in [3.63, 3.8) is 0 Å². The van der Waals surface area contributed by atoms with Crippen LogP contribution in [0.1, 0.15) is 0 Å². The van der Waals surface area contributed by atoms with E-state index in [1.54, 1.807) is 6.07 Å². The topological polar surface area (TPSA) is 132 Å². The minimum absolute atomic E-state index is 0.0974. The Balaban J connectivity index is 0.000000437. The lowest BCUT2D eigenvalue weighted by molar-refractivity contribution is 0.275. The lowest BCUT2D eigenvalue weighted by Gasteiger charge is -1.99. The molecule has 0 spiro atoms. The van der Waals surface area contributed by atoms with Crippen LogP contribution >= 0.6 is 72.8 Å². The molecular formula is C6H6I3O7P. The first-order valence-electron chi connectivity index (χ1n) is 3.54. The SMILES string of the molecule is O=I(=O)c1c(O)cc(I)cc1I.O=P(O)(O)O. The zero-order valence-electron chi connectivity index (χ0n) is 7.75. The number of phosphoric acid groups is 1. The first-order chi connectivity index (χ1) is 7.52. The molecule has 0 unspecified atom stereocenters. The summed E-state index contributed by atoms with van der Waals surface area (Å²) in [5, 5.41) is 9.27. The fourth-order valence-corrected chi connectivity index (χ4v) is 4.81. The molecule has 0 bridgehead atoms. The van der Waals surface area contributed by atoms with Crippen LogP contribution in [0.4, 0.5) is 0 Å². The Kier molecular flexibility index (Phi) is 7.90. The van der Waals surface area contributed by atoms with Gasteiger partial charge in [-0.1, -0.05) is 0 Å². The highest BCUT2D eigenvalue weighted by molar-refractivity contribution is 14.2. The van der Waals surface area contributed by atoms with Crippen molar-refractivity contribution >= 4 is 72.8 Å². The van der Waals surface area contributed by atoms with Gasteiger partial charge in [0.1, 0.15) is 9.32 Å². The predicted octanol–water partition coefficient (Wildman–Crippen LogP) is 2.04. The minimum Gasteiger partial charge on any atom is -0.507 e. The molecule has 1 aromatic carbocycles. The molecule has 11 heteroatoms. The van der Waals surface area contributed by atoms with E-state index in [9.17, 15) is 11.2 Å². The molecule has 98 valence electrons. The summed E-state index contributed by atoms with van der Waals surface area (Å²) in [4.78, 5) is 21.6. The van der Waals surface area contributed by atoms with Crippen molar-refractivity contribution in [3.05, 3.63) is 22.8 Å². The Morgan fingerprint density at radius 3 is 1.82 bits per heavy atom. The molecule has 4 N–H and O–H groups in total. The Morgan fingerprint density at radius 2 is 1.53 bits per heavy atom. The van der Waals surface area contributed by atoms with E-state index in [1.807, 2.05) is 45.2 Å². The van der Waals surface area contributed by atoms with Crippen LogP contribution in [0.3, 0.4) is 0 Å². The van der Waals surface area contributed by atoms with E-state index < -0.39 is 27.6 Å². The van der Waals surface area contributed by atoms with Crippen LogP contribution in [-0.2, 0) is 10.7 Å². The zero-order chi connectivity index (χ0) is 13.8. The Labute approximate surface area is 130 Å². The third-order valence-electron chi connectivity index (χ3n) is 1.13. The summed E-state index contributed by atoms with van der Waals surface area (Å²) in [6.45, 7) is 0. The lowest BCUT2D eigenvalue weighted by atomic mass is 10.3. The zero-order valence-corrected chi connectivity index (χ0v) is 15.1. The molecule has 0 aromatic heterocycles. The summed E-state index contributed by atoms with van der Waals surface area (Å²) in [6, 6.07) is 3.16. The highest BCUT2D eigenvalue weighted by atomic mass is 127. The van der Waals surface area contributed by atoms with E-state index in [0.717, 1.165) is 3.57 Å². The van der Waals surface area contributed by atoms with Crippen molar-refractivity contribution in [2.75, 3.05) is 0 Å². The van der Waals surface area contributed by atoms with Gasteiger partial charge in [0.15, 0.2) is 0 Å². The summed E-state index contributed by atoms with van der Waals surface area (Å²) in [6.07, 6.45) is 0. The first-order valence-corrected chi connectivity index (χ1v) is 10.1. The lowest BCUT2D eigenvalue weighted by Crippen LogP contribution is -1.83. The first kappa shape index (κ1) is 17.9. The van der Waals surface area contributed by atoms with E-state index >= 15 is 0 Å². The van der Waals surface area contributed by atoms with Gasteiger partial charge in [-0.15, -0.1) is 0 Å². The van der Waals surface area contributed by atoms with Crippen LogP contribution in [0.2, 0.25) is 0 Å². The Morgan fingerprint density at radius 1 is 1.12 bits per heavy atom. The van der Waals surface area contributed by atoms with Gasteiger partial charge in [0, 0.05) is 7.14 Å². The van der Waals surface area contributed by atoms with Gasteiger partial charge in [0.2, 0.25) is 0 Å². The maximum absolute atomic E-state index is 10.7. The molecular weight excluding hydrogens is 596 g/mol. The van der Waals surface area contributed by atoms with Gasteiger partial charge >= 0.3 is 27.6 Å². The fourth-order valence-electron chi connectivity index (χ4n) is 0.695. The Bertz CT molecular complexity index is 481. The van der Waals surface area contributed by atoms with Gasteiger partial charge in [0.25, 0.3) is 0 Å². The largest absolute Gasteiger partial charge is 0.507 e. The van der Waals surface area contributed by atoms with Gasteiger partial charge < -0.3 is 19.8 Å². The molecule has 7 nitrogen and oxygen atoms in total. The van der Waals surface area contributed by atoms with Crippen LogP contribution in [0.15, 0.2) is 12.1 Å². The molecule has 0 saturated heterocycles. The average Bonchev–Trinajstić information content (AvgIpc) is 1.95. The van der Waals surface area contributed by atoms with E-state index in [0.29, 0.717) is 3.57 Å². The number of rotatable bonds is 1. The summed E-state index contributed by atoms with van der Waals surface area (Å²) in [5.41, 5.74) is 0. The minimum atomic E-state index is -4.64. The molecule has 1 aromatic rings. The van der Waals surface area contributed by atoms with Gasteiger partial charge in [-0.3, -0.25) is 0 Å². The van der Waals surface area contributed by atoms with Crippen LogP contribution in [0.25, 0.3) is 0 Å². The molecule has 17 heavy (non-hydrogen) atoms. The van der Waals surface area contributed by atoms with Gasteiger partial charge in [-0.05, 0) is 57.3 Å². The van der Waals surface area contributed by atoms with Crippen molar-refractivity contribution in [1.29, 1.82) is 0 Å². The molecule has 0 radical (unpaired) electrons. The molecule has 0 aliphatic carbocycles. The second-order valence-electron chi connectivity index (χ2n) is 2.45. The van der Waals surface area contributed by atoms with Crippen LogP contribution in [-0.4, -0.2) is 19.8 Å². The number of hydrogen-bond donors (Lipinski definition) is 4. The number of phenolic OH excluding ortho intramolecular Hbond substituents is 1. The van der Waals surface area contributed by atoms with Gasteiger partial charge in [0.05, 0.1) is 0 Å². The van der Waals surface area contributed by atoms with Crippen molar-refractivity contribution in [2.45, 2.75) is 0 Å². The van der Waals surface area contributed by atoms with Crippen molar-refractivity contribution < 1.29 is 30.5 Å². The maximum Gasteiger partial charge on any atom is 0.466 e. The Hall–Kier alpha value is 0.920. The normalized spacial score (nSPS) is 10.9. The van der Waals surface area contributed by atoms with Crippen molar-refractivity contribution in [2.24, 2.45) is 0 Å². The highest BCUT2D eigenvalue weighted by Gasteiger charge is 2.11. The number of halogens is 3. The number of benzene rings is 1. The molecule has 0 saturated carbocycles. The maximum atomic E-state index is 10.7. The monoisotopic (exact) mass is 602 g/mol. The summed E-state index contributed by atoms with van der Waals surface area (Å²) in [7, 11) is -4.64. The average molecular weight is 602 g/mol. The third-order valence-corrected chi connectivity index (χ3v) is 5.65. The van der Waals surface area contributed by atoms with Gasteiger partial charge in [-0.25, -0.2) is 10.7 Å². The second-order valence-corrected chi connectivity index (χ2v) is 8.20. The highest BCUT2D eigenvalue weighted by Crippen LogP contribution is 2.33. The van der Waals surface area contributed by atoms with Crippen LogP contribution in [0.5, 0.6) is 5.75 Å². The standard InChI is InChI=1S/C6H3I3O3.H3O4P/c7-3-1-4(8)6(9(11)12)5(10)2-3;1-5(2,3)4/h1-2,10H;(H3,1,2,3,4). The molecule has 0 fully saturated rings. The molecule has 0 amide bonds. The molecule has 1 rings (SSSR count). The van der Waals surface area contributed by atoms with Crippen LogP contribution in [0, 0.1) is 10.7 Å². The summed E-state index contributed by atoms with van der Waals surface area (Å²) in [5.74, 6) is -0.137. The predicted molar refractivity (Wildman–Crippen MR) is 81.9 cm³/mol. The van der Waals surface area contributed by atoms with E-state index in [1.165, 1.54) is 6.07 Å². The summed E-state index contributed by atoms with van der Waals surface area (Å²) < 4.78 is 31.8. The fraction of sp³-hybridized carbons (Fsp3) is 0. The van der Waals surface area contributed by atoms with Crippen molar-refractivity contribution in [1.82, 2.24) is 0 Å². The molecule has 0 aliphatic heterocycles. The van der Waals surface area contributed by atoms with E-state index in [-0.39, 0.29) is 9.32 Å². The van der Waals surface area contributed by atoms with Crippen LogP contribution < -0.4 is 0 Å². The smallest absolute Gasteiger partial charge is 0.466 e. The number of aromatic hydroxyl groups is 1. The molecule has 0 atom stereocenters. The van der Waals surface area contributed by atoms with E-state index in [4.69, 9.17) is 19.2 Å². The second kappa shape index (κ2) is 7.49. The summed E-state index contributed by atoms with van der Waals surface area (Å²) >= 11 is 0.369. The number of hydrogen-bond acceptors (Lipinski definition) is 4. The third kappa shape index (κ3) is 8.61. The number of phenols is 1.